The molecule has 0 heterocycles. The lowest BCUT2D eigenvalue weighted by Gasteiger charge is -2.29. The number of aliphatic imine (C=N–C) groups is 1. The first kappa shape index (κ1) is 13.3. The Kier molecular flexibility index (Phi) is 4.59. The van der Waals surface area contributed by atoms with Crippen molar-refractivity contribution in [1.82, 2.24) is 10.3 Å². The molecule has 1 aliphatic carbocycles. The molecule has 94 valence electrons. The van der Waals surface area contributed by atoms with E-state index in [2.05, 4.69) is 36.1 Å². The molecule has 1 aliphatic rings. The van der Waals surface area contributed by atoms with Gasteiger partial charge in [0.05, 0.1) is 6.04 Å². The first-order chi connectivity index (χ1) is 7.42. The molecule has 4 heteroatoms. The third kappa shape index (κ3) is 4.39. The van der Waals surface area contributed by atoms with Crippen LogP contribution in [0.5, 0.6) is 0 Å². The van der Waals surface area contributed by atoms with Gasteiger partial charge in [-0.05, 0) is 18.3 Å². The highest BCUT2D eigenvalue weighted by molar-refractivity contribution is 5.79. The van der Waals surface area contributed by atoms with Gasteiger partial charge in [0, 0.05) is 13.6 Å². The molecule has 1 saturated carbocycles. The Hall–Kier alpha value is -0.770. The maximum atomic E-state index is 5.55. The number of rotatable bonds is 2. The quantitative estimate of drug-likeness (QED) is 0.326. The fraction of sp³-hybridized carbons (Fsp3) is 0.917. The van der Waals surface area contributed by atoms with Crippen LogP contribution < -0.4 is 11.3 Å². The molecule has 0 unspecified atom stereocenters. The molecule has 1 rings (SSSR count). The van der Waals surface area contributed by atoms with E-state index in [1.807, 2.05) is 7.05 Å². The minimum Gasteiger partial charge on any atom is -0.344 e. The molecule has 0 aromatic heterocycles. The predicted octanol–water partition coefficient (Wildman–Crippen LogP) is 1.73. The molecular weight excluding hydrogens is 200 g/mol. The molecule has 4 nitrogen and oxygen atoms in total. The average Bonchev–Trinajstić information content (AvgIpc) is 2.63. The second-order valence-corrected chi connectivity index (χ2v) is 5.95. The van der Waals surface area contributed by atoms with E-state index in [9.17, 15) is 0 Å². The van der Waals surface area contributed by atoms with E-state index >= 15 is 0 Å². The molecule has 0 amide bonds. The second kappa shape index (κ2) is 5.53. The zero-order valence-corrected chi connectivity index (χ0v) is 11.1. The summed E-state index contributed by atoms with van der Waals surface area (Å²) in [5, 5.41) is 0. The summed E-state index contributed by atoms with van der Waals surface area (Å²) in [5.74, 6) is 6.37. The van der Waals surface area contributed by atoms with Gasteiger partial charge in [-0.2, -0.15) is 0 Å². The summed E-state index contributed by atoms with van der Waals surface area (Å²) in [6, 6.07) is 0.466. The number of hydrazine groups is 1. The van der Waals surface area contributed by atoms with Crippen LogP contribution in [0.25, 0.3) is 0 Å². The highest BCUT2D eigenvalue weighted by Gasteiger charge is 2.19. The lowest BCUT2D eigenvalue weighted by Crippen LogP contribution is -2.46. The van der Waals surface area contributed by atoms with Crippen molar-refractivity contribution < 1.29 is 0 Å². The minimum absolute atomic E-state index is 0.252. The van der Waals surface area contributed by atoms with Gasteiger partial charge in [-0.25, -0.2) is 10.8 Å². The highest BCUT2D eigenvalue weighted by Crippen LogP contribution is 2.21. The number of nitrogens with zero attached hydrogens (tertiary/aromatic N) is 2. The first-order valence-electron chi connectivity index (χ1n) is 6.18. The van der Waals surface area contributed by atoms with Crippen molar-refractivity contribution in [3.05, 3.63) is 0 Å². The fourth-order valence-electron chi connectivity index (χ4n) is 2.24. The van der Waals surface area contributed by atoms with Crippen molar-refractivity contribution in [3.63, 3.8) is 0 Å². The van der Waals surface area contributed by atoms with E-state index in [1.165, 1.54) is 25.7 Å². The van der Waals surface area contributed by atoms with Crippen LogP contribution in [0.4, 0.5) is 0 Å². The molecular formula is C12H26N4. The molecule has 0 saturated heterocycles. The molecule has 0 aliphatic heterocycles. The lowest BCUT2D eigenvalue weighted by molar-refractivity contribution is 0.299. The van der Waals surface area contributed by atoms with Gasteiger partial charge < -0.3 is 4.90 Å². The van der Waals surface area contributed by atoms with Crippen LogP contribution >= 0.6 is 0 Å². The van der Waals surface area contributed by atoms with E-state index in [0.717, 1.165) is 12.5 Å². The monoisotopic (exact) mass is 226 g/mol. The number of hydrogen-bond acceptors (Lipinski definition) is 2. The highest BCUT2D eigenvalue weighted by atomic mass is 15.4. The summed E-state index contributed by atoms with van der Waals surface area (Å²) in [6.07, 6.45) is 5.01. The zero-order chi connectivity index (χ0) is 12.2. The van der Waals surface area contributed by atoms with Crippen molar-refractivity contribution in [2.75, 3.05) is 13.6 Å². The van der Waals surface area contributed by atoms with Crippen LogP contribution in [-0.4, -0.2) is 30.5 Å². The van der Waals surface area contributed by atoms with Crippen LogP contribution in [0.15, 0.2) is 4.99 Å². The van der Waals surface area contributed by atoms with Gasteiger partial charge in [0.2, 0.25) is 5.96 Å². The molecule has 0 aromatic carbocycles. The third-order valence-corrected chi connectivity index (χ3v) is 2.83. The Bertz CT molecular complexity index is 236. The smallest absolute Gasteiger partial charge is 0.208 e. The van der Waals surface area contributed by atoms with Crippen LogP contribution in [0.3, 0.4) is 0 Å². The summed E-state index contributed by atoms with van der Waals surface area (Å²) in [4.78, 5) is 6.79. The van der Waals surface area contributed by atoms with Crippen molar-refractivity contribution >= 4 is 5.96 Å². The predicted molar refractivity (Wildman–Crippen MR) is 69.1 cm³/mol. The number of nitrogens with two attached hydrogens (primary N) is 1. The van der Waals surface area contributed by atoms with E-state index < -0.39 is 0 Å². The minimum atomic E-state index is 0.252. The zero-order valence-electron chi connectivity index (χ0n) is 11.1. The second-order valence-electron chi connectivity index (χ2n) is 5.95. The van der Waals surface area contributed by atoms with Gasteiger partial charge in [-0.15, -0.1) is 0 Å². The van der Waals surface area contributed by atoms with Crippen LogP contribution in [-0.2, 0) is 0 Å². The summed E-state index contributed by atoms with van der Waals surface area (Å²) in [7, 11) is 2.04. The number of nitrogens with one attached hydrogen (secondary N) is 1. The van der Waals surface area contributed by atoms with Crippen LogP contribution in [0.1, 0.15) is 46.5 Å². The molecule has 1 fully saturated rings. The normalized spacial score (nSPS) is 18.9. The van der Waals surface area contributed by atoms with Crippen molar-refractivity contribution in [1.29, 1.82) is 0 Å². The Morgan fingerprint density at radius 3 is 2.38 bits per heavy atom. The lowest BCUT2D eigenvalue weighted by atomic mass is 9.96. The summed E-state index contributed by atoms with van der Waals surface area (Å²) in [5.41, 5.74) is 2.98. The Balaban J connectivity index is 2.58. The largest absolute Gasteiger partial charge is 0.344 e. The summed E-state index contributed by atoms with van der Waals surface area (Å²) >= 11 is 0. The Morgan fingerprint density at radius 1 is 1.38 bits per heavy atom. The summed E-state index contributed by atoms with van der Waals surface area (Å²) < 4.78 is 0. The molecule has 3 N–H and O–H groups in total. The van der Waals surface area contributed by atoms with E-state index in [-0.39, 0.29) is 5.41 Å². The van der Waals surface area contributed by atoms with Gasteiger partial charge in [0.1, 0.15) is 0 Å². The maximum Gasteiger partial charge on any atom is 0.208 e. The summed E-state index contributed by atoms with van der Waals surface area (Å²) in [6.45, 7) is 7.59. The molecule has 0 bridgehead atoms. The molecule has 0 radical (unpaired) electrons. The first-order valence-corrected chi connectivity index (χ1v) is 6.18. The average molecular weight is 226 g/mol. The van der Waals surface area contributed by atoms with Gasteiger partial charge in [-0.1, -0.05) is 33.6 Å². The molecule has 0 atom stereocenters. The van der Waals surface area contributed by atoms with Crippen molar-refractivity contribution in [2.24, 2.45) is 16.3 Å². The SMILES string of the molecule is CN(CC(C)(C)C)C(=NC1CCCC1)NN. The molecule has 0 spiro atoms. The van der Waals surface area contributed by atoms with Gasteiger partial charge in [-0.3, -0.25) is 5.43 Å². The van der Waals surface area contributed by atoms with E-state index in [4.69, 9.17) is 5.84 Å². The van der Waals surface area contributed by atoms with Gasteiger partial charge >= 0.3 is 0 Å². The Labute approximate surface area is 99.3 Å². The van der Waals surface area contributed by atoms with E-state index in [1.54, 1.807) is 0 Å². The van der Waals surface area contributed by atoms with Crippen molar-refractivity contribution in [2.45, 2.75) is 52.5 Å². The van der Waals surface area contributed by atoms with Crippen molar-refractivity contribution in [3.8, 4) is 0 Å². The molecule has 16 heavy (non-hydrogen) atoms. The standard InChI is InChI=1S/C12H26N4/c1-12(2,3)9-16(4)11(15-13)14-10-7-5-6-8-10/h10H,5-9,13H2,1-4H3,(H,14,15). The Morgan fingerprint density at radius 2 is 1.94 bits per heavy atom. The van der Waals surface area contributed by atoms with Crippen LogP contribution in [0.2, 0.25) is 0 Å². The van der Waals surface area contributed by atoms with Crippen LogP contribution in [0, 0.1) is 5.41 Å². The maximum absolute atomic E-state index is 5.55. The van der Waals surface area contributed by atoms with E-state index in [0.29, 0.717) is 6.04 Å². The number of guanidine groups is 1. The third-order valence-electron chi connectivity index (χ3n) is 2.83. The van der Waals surface area contributed by atoms with Gasteiger partial charge in [0.25, 0.3) is 0 Å². The molecule has 0 aromatic rings. The topological polar surface area (TPSA) is 53.6 Å². The van der Waals surface area contributed by atoms with Gasteiger partial charge in [0.15, 0.2) is 0 Å². The fourth-order valence-corrected chi connectivity index (χ4v) is 2.24. The number of hydrogen-bond donors (Lipinski definition) is 2.